The van der Waals surface area contributed by atoms with Crippen molar-refractivity contribution in [1.82, 2.24) is 4.98 Å². The predicted molar refractivity (Wildman–Crippen MR) is 71.6 cm³/mol. The number of nitrogens with two attached hydrogens (primary N) is 1. The van der Waals surface area contributed by atoms with Gasteiger partial charge in [-0.15, -0.1) is 0 Å². The molecule has 0 spiro atoms. The van der Waals surface area contributed by atoms with Crippen LogP contribution in [0, 0.1) is 17.8 Å². The van der Waals surface area contributed by atoms with Gasteiger partial charge in [-0.05, 0) is 55.7 Å². The standard InChI is InChI=1S/C15H24N2/c1-2-12-6-7-13(11-16)14(9-12)10-15-5-3-4-8-17-15/h3-5,8,12-14H,2,6-7,9-11,16H2,1H3. The number of hydrogen-bond acceptors (Lipinski definition) is 2. The second-order valence-electron chi connectivity index (χ2n) is 5.37. The first kappa shape index (κ1) is 12.6. The Hall–Kier alpha value is -0.890. The molecule has 1 fully saturated rings. The van der Waals surface area contributed by atoms with Gasteiger partial charge in [0, 0.05) is 11.9 Å². The average Bonchev–Trinajstić information content (AvgIpc) is 2.40. The Morgan fingerprint density at radius 3 is 2.82 bits per heavy atom. The summed E-state index contributed by atoms with van der Waals surface area (Å²) in [4.78, 5) is 4.45. The number of hydrogen-bond donors (Lipinski definition) is 1. The molecule has 3 atom stereocenters. The molecule has 0 aliphatic heterocycles. The summed E-state index contributed by atoms with van der Waals surface area (Å²) in [5.41, 5.74) is 7.14. The molecule has 1 aliphatic rings. The van der Waals surface area contributed by atoms with Crippen molar-refractivity contribution in [2.75, 3.05) is 6.54 Å². The maximum Gasteiger partial charge on any atom is 0.0406 e. The molecule has 3 unspecified atom stereocenters. The molecule has 2 rings (SSSR count). The van der Waals surface area contributed by atoms with E-state index in [1.54, 1.807) is 0 Å². The maximum absolute atomic E-state index is 5.91. The van der Waals surface area contributed by atoms with Gasteiger partial charge in [0.25, 0.3) is 0 Å². The van der Waals surface area contributed by atoms with Gasteiger partial charge in [0.1, 0.15) is 0 Å². The van der Waals surface area contributed by atoms with Gasteiger partial charge in [-0.25, -0.2) is 0 Å². The first-order valence-electron chi connectivity index (χ1n) is 6.93. The molecule has 1 aromatic rings. The van der Waals surface area contributed by atoms with E-state index in [0.29, 0.717) is 5.92 Å². The highest BCUT2D eigenvalue weighted by Gasteiger charge is 2.29. The molecule has 2 nitrogen and oxygen atoms in total. The number of rotatable bonds is 4. The summed E-state index contributed by atoms with van der Waals surface area (Å²) in [6, 6.07) is 6.21. The van der Waals surface area contributed by atoms with Crippen molar-refractivity contribution in [2.45, 2.75) is 39.0 Å². The van der Waals surface area contributed by atoms with Crippen molar-refractivity contribution >= 4 is 0 Å². The van der Waals surface area contributed by atoms with Crippen LogP contribution in [0.4, 0.5) is 0 Å². The predicted octanol–water partition coefficient (Wildman–Crippen LogP) is 3.03. The molecule has 94 valence electrons. The van der Waals surface area contributed by atoms with Gasteiger partial charge < -0.3 is 5.73 Å². The van der Waals surface area contributed by atoms with E-state index in [2.05, 4.69) is 24.0 Å². The normalized spacial score (nSPS) is 29.2. The lowest BCUT2D eigenvalue weighted by molar-refractivity contribution is 0.179. The van der Waals surface area contributed by atoms with E-state index < -0.39 is 0 Å². The molecule has 1 aliphatic carbocycles. The Labute approximate surface area is 105 Å². The van der Waals surface area contributed by atoms with Gasteiger partial charge in [0.15, 0.2) is 0 Å². The highest BCUT2D eigenvalue weighted by Crippen LogP contribution is 2.36. The molecule has 2 heteroatoms. The Morgan fingerprint density at radius 1 is 1.29 bits per heavy atom. The minimum atomic E-state index is 0.708. The molecular weight excluding hydrogens is 208 g/mol. The van der Waals surface area contributed by atoms with Crippen LogP contribution in [-0.2, 0) is 6.42 Å². The molecule has 2 N–H and O–H groups in total. The topological polar surface area (TPSA) is 38.9 Å². The Balaban J connectivity index is 2.00. The Kier molecular flexibility index (Phi) is 4.55. The highest BCUT2D eigenvalue weighted by atomic mass is 14.7. The summed E-state index contributed by atoms with van der Waals surface area (Å²) in [5, 5.41) is 0. The maximum atomic E-state index is 5.91. The second-order valence-corrected chi connectivity index (χ2v) is 5.37. The van der Waals surface area contributed by atoms with E-state index >= 15 is 0 Å². The van der Waals surface area contributed by atoms with Gasteiger partial charge in [-0.1, -0.05) is 25.8 Å². The molecule has 1 saturated carbocycles. The Morgan fingerprint density at radius 2 is 2.18 bits per heavy atom. The van der Waals surface area contributed by atoms with Gasteiger partial charge in [0.05, 0.1) is 0 Å². The van der Waals surface area contributed by atoms with Gasteiger partial charge >= 0.3 is 0 Å². The van der Waals surface area contributed by atoms with Crippen molar-refractivity contribution in [2.24, 2.45) is 23.5 Å². The van der Waals surface area contributed by atoms with Crippen molar-refractivity contribution in [3.05, 3.63) is 30.1 Å². The fourth-order valence-electron chi connectivity index (χ4n) is 3.14. The fourth-order valence-corrected chi connectivity index (χ4v) is 3.14. The highest BCUT2D eigenvalue weighted by molar-refractivity contribution is 5.05. The van der Waals surface area contributed by atoms with Crippen molar-refractivity contribution < 1.29 is 0 Å². The first-order chi connectivity index (χ1) is 8.33. The minimum Gasteiger partial charge on any atom is -0.330 e. The summed E-state index contributed by atoms with van der Waals surface area (Å²) in [7, 11) is 0. The zero-order chi connectivity index (χ0) is 12.1. The summed E-state index contributed by atoms with van der Waals surface area (Å²) in [6.45, 7) is 3.15. The van der Waals surface area contributed by atoms with Crippen LogP contribution >= 0.6 is 0 Å². The number of nitrogens with zero attached hydrogens (tertiary/aromatic N) is 1. The molecule has 0 aromatic carbocycles. The van der Waals surface area contributed by atoms with Crippen LogP contribution in [0.15, 0.2) is 24.4 Å². The van der Waals surface area contributed by atoms with Crippen molar-refractivity contribution in [1.29, 1.82) is 0 Å². The summed E-state index contributed by atoms with van der Waals surface area (Å²) in [6.07, 6.45) is 8.35. The smallest absolute Gasteiger partial charge is 0.0406 e. The van der Waals surface area contributed by atoms with Gasteiger partial charge in [-0.3, -0.25) is 4.98 Å². The van der Waals surface area contributed by atoms with Crippen LogP contribution in [0.25, 0.3) is 0 Å². The summed E-state index contributed by atoms with van der Waals surface area (Å²) >= 11 is 0. The fraction of sp³-hybridized carbons (Fsp3) is 0.667. The zero-order valence-corrected chi connectivity index (χ0v) is 10.8. The second kappa shape index (κ2) is 6.15. The lowest BCUT2D eigenvalue weighted by Gasteiger charge is -2.35. The van der Waals surface area contributed by atoms with Crippen LogP contribution in [0.5, 0.6) is 0 Å². The molecule has 0 saturated heterocycles. The summed E-state index contributed by atoms with van der Waals surface area (Å²) < 4.78 is 0. The van der Waals surface area contributed by atoms with Crippen LogP contribution in [0.3, 0.4) is 0 Å². The van der Waals surface area contributed by atoms with Crippen LogP contribution in [0.2, 0.25) is 0 Å². The van der Waals surface area contributed by atoms with E-state index in [9.17, 15) is 0 Å². The SMILES string of the molecule is CCC1CCC(CN)C(Cc2ccccn2)C1. The van der Waals surface area contributed by atoms with E-state index in [1.807, 2.05) is 12.3 Å². The number of aromatic nitrogens is 1. The van der Waals surface area contributed by atoms with E-state index in [-0.39, 0.29) is 0 Å². The van der Waals surface area contributed by atoms with Crippen molar-refractivity contribution in [3.63, 3.8) is 0 Å². The molecule has 17 heavy (non-hydrogen) atoms. The lowest BCUT2D eigenvalue weighted by atomic mass is 9.71. The van der Waals surface area contributed by atoms with Gasteiger partial charge in [-0.2, -0.15) is 0 Å². The quantitative estimate of drug-likeness (QED) is 0.866. The van der Waals surface area contributed by atoms with Crippen molar-refractivity contribution in [3.8, 4) is 0 Å². The van der Waals surface area contributed by atoms with Crippen LogP contribution in [0.1, 0.15) is 38.3 Å². The molecule has 0 amide bonds. The van der Waals surface area contributed by atoms with Crippen LogP contribution < -0.4 is 5.73 Å². The van der Waals surface area contributed by atoms with Crippen LogP contribution in [-0.4, -0.2) is 11.5 Å². The average molecular weight is 232 g/mol. The van der Waals surface area contributed by atoms with E-state index in [1.165, 1.54) is 31.4 Å². The monoisotopic (exact) mass is 232 g/mol. The first-order valence-corrected chi connectivity index (χ1v) is 6.93. The molecule has 1 heterocycles. The molecular formula is C15H24N2. The lowest BCUT2D eigenvalue weighted by Crippen LogP contribution is -2.31. The van der Waals surface area contributed by atoms with E-state index in [4.69, 9.17) is 5.73 Å². The third-order valence-corrected chi connectivity index (χ3v) is 4.33. The Bertz CT molecular complexity index is 323. The molecule has 0 radical (unpaired) electrons. The third kappa shape index (κ3) is 3.29. The molecule has 0 bridgehead atoms. The largest absolute Gasteiger partial charge is 0.330 e. The zero-order valence-electron chi connectivity index (χ0n) is 10.8. The van der Waals surface area contributed by atoms with Gasteiger partial charge in [0.2, 0.25) is 0 Å². The summed E-state index contributed by atoms with van der Waals surface area (Å²) in [5.74, 6) is 2.36. The molecule has 1 aromatic heterocycles. The third-order valence-electron chi connectivity index (χ3n) is 4.33. The minimum absolute atomic E-state index is 0.708. The number of pyridine rings is 1. The van der Waals surface area contributed by atoms with E-state index in [0.717, 1.165) is 24.8 Å².